The second-order valence-corrected chi connectivity index (χ2v) is 4.99. The molecule has 8 atom stereocenters. The first-order chi connectivity index (χ1) is 11.8. The first-order valence-electron chi connectivity index (χ1n) is 6.91. The van der Waals surface area contributed by atoms with Crippen LogP contribution in [0.25, 0.3) is 0 Å². The Labute approximate surface area is 213 Å². The van der Waals surface area contributed by atoms with Crippen LogP contribution in [-0.4, -0.2) is 125 Å². The van der Waals surface area contributed by atoms with Crippen LogP contribution < -0.4 is 80.5 Å². The van der Waals surface area contributed by atoms with Crippen LogP contribution in [0.2, 0.25) is 0 Å². The number of hydrogen-bond acceptors (Lipinski definition) is 14. The third kappa shape index (κ3) is 13.2. The third-order valence-electron chi connectivity index (χ3n) is 2.99. The monoisotopic (exact) mass is 436 g/mol. The van der Waals surface area contributed by atoms with Crippen LogP contribution in [0.1, 0.15) is 0 Å². The number of rotatable bonds is 10. The fraction of sp³-hybridized carbons (Fsp3) is 0.833. The van der Waals surface area contributed by atoms with Gasteiger partial charge in [-0.05, 0) is 0 Å². The number of aliphatic hydroxyl groups is 10. The minimum atomic E-state index is -2.31. The minimum absolute atomic E-state index is 0. The van der Waals surface area contributed by atoms with Gasteiger partial charge in [0, 0.05) is 0 Å². The number of aliphatic hydroxyl groups excluding tert-OH is 10. The summed E-state index contributed by atoms with van der Waals surface area (Å²) >= 11 is 0. The molecule has 0 amide bonds. The first kappa shape index (κ1) is 36.2. The SMILES string of the molecule is O=C([O-])C(O)C(O)C(O)C(O)CO.O=C([O-])C(O)C(O)C(O)C(O)CO.[K+].[Li+]. The van der Waals surface area contributed by atoms with Crippen molar-refractivity contribution in [3.05, 3.63) is 0 Å². The molecule has 0 bridgehead atoms. The zero-order valence-corrected chi connectivity index (χ0v) is 18.3. The van der Waals surface area contributed by atoms with Gasteiger partial charge in [0.25, 0.3) is 0 Å². The van der Waals surface area contributed by atoms with Gasteiger partial charge in [-0.15, -0.1) is 0 Å². The van der Waals surface area contributed by atoms with Crippen LogP contribution in [0.15, 0.2) is 0 Å². The summed E-state index contributed by atoms with van der Waals surface area (Å²) in [4.78, 5) is 20.0. The van der Waals surface area contributed by atoms with Crippen molar-refractivity contribution in [2.45, 2.75) is 48.8 Å². The molecule has 0 saturated carbocycles. The summed E-state index contributed by atoms with van der Waals surface area (Å²) in [7, 11) is 0. The van der Waals surface area contributed by atoms with Crippen molar-refractivity contribution in [2.24, 2.45) is 0 Å². The van der Waals surface area contributed by atoms with Gasteiger partial charge in [0.1, 0.15) is 48.8 Å². The average molecular weight is 436 g/mol. The summed E-state index contributed by atoms with van der Waals surface area (Å²) in [5, 5.41) is 107. The molecule has 0 rings (SSSR count). The Morgan fingerprint density at radius 3 is 0.964 bits per heavy atom. The van der Waals surface area contributed by atoms with Crippen LogP contribution >= 0.6 is 0 Å². The van der Waals surface area contributed by atoms with E-state index in [-0.39, 0.29) is 70.2 Å². The smallest absolute Gasteiger partial charge is 0.547 e. The van der Waals surface area contributed by atoms with Crippen LogP contribution in [0.5, 0.6) is 0 Å². The van der Waals surface area contributed by atoms with Crippen molar-refractivity contribution in [3.8, 4) is 0 Å². The van der Waals surface area contributed by atoms with Crippen molar-refractivity contribution in [1.82, 2.24) is 0 Å². The molecule has 8 unspecified atom stereocenters. The number of carbonyl (C=O) groups excluding carboxylic acids is 2. The van der Waals surface area contributed by atoms with Crippen molar-refractivity contribution >= 4 is 11.9 Å². The molecule has 156 valence electrons. The van der Waals surface area contributed by atoms with Gasteiger partial charge in [-0.2, -0.15) is 0 Å². The fourth-order valence-electron chi connectivity index (χ4n) is 1.32. The third-order valence-corrected chi connectivity index (χ3v) is 2.99. The molecule has 0 aromatic carbocycles. The standard InChI is InChI=1S/2C6H12O7.K.Li/c2*7-1-2(8)3(9)4(10)5(11)6(12)13;;/h2*2-5,7-11H,1H2,(H,12,13);;/q;;2*+1/p-2. The van der Waals surface area contributed by atoms with Gasteiger partial charge in [0.15, 0.2) is 0 Å². The second-order valence-electron chi connectivity index (χ2n) is 4.99. The molecule has 16 heteroatoms. The second kappa shape index (κ2) is 18.5. The van der Waals surface area contributed by atoms with Gasteiger partial charge >= 0.3 is 70.2 Å². The van der Waals surface area contributed by atoms with Gasteiger partial charge in [0.2, 0.25) is 0 Å². The van der Waals surface area contributed by atoms with E-state index in [4.69, 9.17) is 51.1 Å². The minimum Gasteiger partial charge on any atom is -0.547 e. The summed E-state index contributed by atoms with van der Waals surface area (Å²) in [5.74, 6) is -3.95. The predicted molar refractivity (Wildman–Crippen MR) is 72.2 cm³/mol. The van der Waals surface area contributed by atoms with E-state index in [1.54, 1.807) is 0 Å². The Bertz CT molecular complexity index is 391. The predicted octanol–water partition coefficient (Wildman–Crippen LogP) is -15.6. The Morgan fingerprint density at radius 1 is 0.607 bits per heavy atom. The molecule has 0 heterocycles. The number of aliphatic carboxylic acids is 2. The van der Waals surface area contributed by atoms with E-state index in [1.807, 2.05) is 0 Å². The Kier molecular flexibility index (Phi) is 23.9. The van der Waals surface area contributed by atoms with E-state index >= 15 is 0 Å². The molecule has 0 radical (unpaired) electrons. The molecule has 28 heavy (non-hydrogen) atoms. The molecule has 0 aliphatic carbocycles. The number of carboxylic acids is 2. The molecule has 0 spiro atoms. The summed E-state index contributed by atoms with van der Waals surface area (Å²) < 4.78 is 0. The van der Waals surface area contributed by atoms with Crippen molar-refractivity contribution in [1.29, 1.82) is 0 Å². The first-order valence-corrected chi connectivity index (χ1v) is 6.91. The maximum Gasteiger partial charge on any atom is 1.00 e. The summed E-state index contributed by atoms with van der Waals surface area (Å²) in [6, 6.07) is 0. The van der Waals surface area contributed by atoms with E-state index in [2.05, 4.69) is 0 Å². The largest absolute Gasteiger partial charge is 1.00 e. The molecule has 0 aromatic heterocycles. The van der Waals surface area contributed by atoms with Gasteiger partial charge in [-0.1, -0.05) is 0 Å². The van der Waals surface area contributed by atoms with E-state index in [1.165, 1.54) is 0 Å². The van der Waals surface area contributed by atoms with Crippen LogP contribution in [0.3, 0.4) is 0 Å². The maximum absolute atomic E-state index is 9.98. The van der Waals surface area contributed by atoms with Crippen LogP contribution in [0, 0.1) is 0 Å². The fourth-order valence-corrected chi connectivity index (χ4v) is 1.32. The maximum atomic E-state index is 9.98. The molecule has 14 nitrogen and oxygen atoms in total. The Hall–Kier alpha value is 0.774. The van der Waals surface area contributed by atoms with E-state index in [0.29, 0.717) is 0 Å². The van der Waals surface area contributed by atoms with Crippen molar-refractivity contribution in [2.75, 3.05) is 13.2 Å². The zero-order chi connectivity index (χ0) is 21.2. The molecule has 0 aliphatic rings. The molecule has 0 saturated heterocycles. The van der Waals surface area contributed by atoms with Crippen molar-refractivity contribution < 1.29 is 141 Å². The number of carboxylic acid groups (broad SMARTS) is 2. The Balaban J connectivity index is -0.000000192. The molecule has 0 aliphatic heterocycles. The van der Waals surface area contributed by atoms with E-state index in [0.717, 1.165) is 0 Å². The van der Waals surface area contributed by atoms with Gasteiger partial charge in [-0.3, -0.25) is 0 Å². The average Bonchev–Trinajstić information content (AvgIpc) is 2.62. The normalized spacial score (nSPS) is 18.9. The van der Waals surface area contributed by atoms with E-state index in [9.17, 15) is 19.8 Å². The molecule has 0 fully saturated rings. The summed E-state index contributed by atoms with van der Waals surface area (Å²) in [6.07, 6.45) is -16.2. The van der Waals surface area contributed by atoms with Crippen LogP contribution in [0.4, 0.5) is 0 Å². The summed E-state index contributed by atoms with van der Waals surface area (Å²) in [5.41, 5.74) is 0. The van der Waals surface area contributed by atoms with E-state index < -0.39 is 74.0 Å². The Morgan fingerprint density at radius 2 is 0.821 bits per heavy atom. The molecular formula is C12H22KLiO14. The number of carbonyl (C=O) groups is 2. The zero-order valence-electron chi connectivity index (χ0n) is 15.1. The van der Waals surface area contributed by atoms with Crippen molar-refractivity contribution in [3.63, 3.8) is 0 Å². The molecule has 0 aromatic rings. The van der Waals surface area contributed by atoms with Crippen LogP contribution in [-0.2, 0) is 9.59 Å². The van der Waals surface area contributed by atoms with Gasteiger partial charge in [-0.25, -0.2) is 0 Å². The molecular weight excluding hydrogens is 414 g/mol. The topological polar surface area (TPSA) is 283 Å². The number of hydrogen-bond donors (Lipinski definition) is 10. The quantitative estimate of drug-likeness (QED) is 0.142. The molecule has 10 N–H and O–H groups in total. The summed E-state index contributed by atoms with van der Waals surface area (Å²) in [6.45, 7) is -1.73. The van der Waals surface area contributed by atoms with Gasteiger partial charge < -0.3 is 70.9 Å². The van der Waals surface area contributed by atoms with Gasteiger partial charge in [0.05, 0.1) is 25.2 Å².